The molecule has 0 saturated heterocycles. The Bertz CT molecular complexity index is 928. The standard InChI is InChI=1S/C22H24N2O3/c1-16-7-9-17(10-8-16)14-24(2)21(25)15-27-22(26)12-11-18-13-23-20-6-4-3-5-19(18)20/h3-10,13,23H,11-12,14-15H2,1-2H3. The van der Waals surface area contributed by atoms with Crippen LogP contribution in [0.25, 0.3) is 10.9 Å². The Hall–Kier alpha value is -3.08. The fourth-order valence-corrected chi connectivity index (χ4v) is 2.96. The van der Waals surface area contributed by atoms with Crippen LogP contribution in [0.15, 0.2) is 54.7 Å². The Balaban J connectivity index is 1.44. The maximum absolute atomic E-state index is 12.2. The summed E-state index contributed by atoms with van der Waals surface area (Å²) in [5.74, 6) is -0.576. The van der Waals surface area contributed by atoms with Gasteiger partial charge in [-0.05, 0) is 30.5 Å². The van der Waals surface area contributed by atoms with E-state index in [1.807, 2.05) is 61.7 Å². The number of nitrogens with one attached hydrogen (secondary N) is 1. The summed E-state index contributed by atoms with van der Waals surface area (Å²) < 4.78 is 5.15. The fourth-order valence-electron chi connectivity index (χ4n) is 2.96. The van der Waals surface area contributed by atoms with Crippen molar-refractivity contribution < 1.29 is 14.3 Å². The van der Waals surface area contributed by atoms with Crippen molar-refractivity contribution in [3.05, 3.63) is 71.4 Å². The first-order valence-electron chi connectivity index (χ1n) is 9.03. The lowest BCUT2D eigenvalue weighted by atomic mass is 10.1. The highest BCUT2D eigenvalue weighted by Gasteiger charge is 2.13. The molecule has 0 atom stereocenters. The Morgan fingerprint density at radius 2 is 1.81 bits per heavy atom. The number of carbonyl (C=O) groups is 2. The van der Waals surface area contributed by atoms with Gasteiger partial charge in [0.25, 0.3) is 5.91 Å². The number of hydrogen-bond acceptors (Lipinski definition) is 3. The monoisotopic (exact) mass is 364 g/mol. The number of rotatable bonds is 7. The molecule has 0 aliphatic carbocycles. The molecule has 1 heterocycles. The van der Waals surface area contributed by atoms with Crippen LogP contribution in [0, 0.1) is 6.92 Å². The molecule has 140 valence electrons. The third kappa shape index (κ3) is 4.97. The number of hydrogen-bond donors (Lipinski definition) is 1. The number of aromatic amines is 1. The maximum Gasteiger partial charge on any atom is 0.306 e. The van der Waals surface area contributed by atoms with Crippen LogP contribution in [0.1, 0.15) is 23.1 Å². The molecule has 0 fully saturated rings. The number of H-pyrrole nitrogens is 1. The van der Waals surface area contributed by atoms with Gasteiger partial charge in [0.1, 0.15) is 0 Å². The molecule has 2 aromatic carbocycles. The largest absolute Gasteiger partial charge is 0.456 e. The summed E-state index contributed by atoms with van der Waals surface area (Å²) in [6, 6.07) is 16.0. The number of esters is 1. The van der Waals surface area contributed by atoms with E-state index in [0.29, 0.717) is 13.0 Å². The Morgan fingerprint density at radius 1 is 1.07 bits per heavy atom. The average molecular weight is 364 g/mol. The van der Waals surface area contributed by atoms with Gasteiger partial charge in [-0.25, -0.2) is 0 Å². The van der Waals surface area contributed by atoms with E-state index in [1.54, 1.807) is 11.9 Å². The molecule has 0 saturated carbocycles. The highest BCUT2D eigenvalue weighted by atomic mass is 16.5. The van der Waals surface area contributed by atoms with Crippen molar-refractivity contribution in [2.24, 2.45) is 0 Å². The molecule has 1 N–H and O–H groups in total. The third-order valence-corrected chi connectivity index (χ3v) is 4.60. The van der Waals surface area contributed by atoms with E-state index in [0.717, 1.165) is 22.0 Å². The molecule has 0 aliphatic heterocycles. The Morgan fingerprint density at radius 3 is 2.59 bits per heavy atom. The number of aromatic nitrogens is 1. The van der Waals surface area contributed by atoms with Crippen LogP contribution in [0.5, 0.6) is 0 Å². The number of amides is 1. The summed E-state index contributed by atoms with van der Waals surface area (Å²) in [6.45, 7) is 2.29. The topological polar surface area (TPSA) is 62.4 Å². The summed E-state index contributed by atoms with van der Waals surface area (Å²) in [4.78, 5) is 28.9. The highest BCUT2D eigenvalue weighted by Crippen LogP contribution is 2.19. The van der Waals surface area contributed by atoms with Crippen LogP contribution in [0.3, 0.4) is 0 Å². The zero-order chi connectivity index (χ0) is 19.2. The molecule has 1 amide bonds. The molecule has 5 heteroatoms. The van der Waals surface area contributed by atoms with Crippen molar-refractivity contribution in [2.75, 3.05) is 13.7 Å². The molecule has 0 aliphatic rings. The number of ether oxygens (including phenoxy) is 1. The number of fused-ring (bicyclic) bond motifs is 1. The average Bonchev–Trinajstić information content (AvgIpc) is 3.09. The molecule has 27 heavy (non-hydrogen) atoms. The van der Waals surface area contributed by atoms with E-state index in [2.05, 4.69) is 4.98 Å². The number of likely N-dealkylation sites (N-methyl/N-ethyl adjacent to an activating group) is 1. The molecule has 0 bridgehead atoms. The zero-order valence-corrected chi connectivity index (χ0v) is 15.7. The first-order chi connectivity index (χ1) is 13.0. The van der Waals surface area contributed by atoms with Gasteiger partial charge in [-0.15, -0.1) is 0 Å². The van der Waals surface area contributed by atoms with E-state index in [1.165, 1.54) is 5.56 Å². The highest BCUT2D eigenvalue weighted by molar-refractivity contribution is 5.84. The van der Waals surface area contributed by atoms with Crippen molar-refractivity contribution in [1.29, 1.82) is 0 Å². The van der Waals surface area contributed by atoms with Crippen molar-refractivity contribution in [3.8, 4) is 0 Å². The van der Waals surface area contributed by atoms with Gasteiger partial charge >= 0.3 is 5.97 Å². The predicted octanol–water partition coefficient (Wildman–Crippen LogP) is 3.61. The van der Waals surface area contributed by atoms with Crippen LogP contribution in [-0.4, -0.2) is 35.4 Å². The number of para-hydroxylation sites is 1. The van der Waals surface area contributed by atoms with Crippen molar-refractivity contribution >= 4 is 22.8 Å². The molecule has 3 rings (SSSR count). The molecule has 1 aromatic heterocycles. The van der Waals surface area contributed by atoms with Gasteiger partial charge < -0.3 is 14.6 Å². The van der Waals surface area contributed by atoms with E-state index >= 15 is 0 Å². The third-order valence-electron chi connectivity index (χ3n) is 4.60. The minimum absolute atomic E-state index is 0.212. The smallest absolute Gasteiger partial charge is 0.306 e. The SMILES string of the molecule is Cc1ccc(CN(C)C(=O)COC(=O)CCc2c[nH]c3ccccc23)cc1. The van der Waals surface area contributed by atoms with Crippen molar-refractivity contribution in [2.45, 2.75) is 26.3 Å². The summed E-state index contributed by atoms with van der Waals surface area (Å²) >= 11 is 0. The summed E-state index contributed by atoms with van der Waals surface area (Å²) in [6.07, 6.45) is 2.74. The van der Waals surface area contributed by atoms with E-state index < -0.39 is 0 Å². The lowest BCUT2D eigenvalue weighted by Crippen LogP contribution is -2.30. The van der Waals surface area contributed by atoms with Gasteiger partial charge in [0.05, 0.1) is 0 Å². The quantitative estimate of drug-likeness (QED) is 0.652. The van der Waals surface area contributed by atoms with E-state index in [9.17, 15) is 9.59 Å². The van der Waals surface area contributed by atoms with Crippen molar-refractivity contribution in [1.82, 2.24) is 9.88 Å². The number of benzene rings is 2. The molecular weight excluding hydrogens is 340 g/mol. The van der Waals surface area contributed by atoms with Gasteiger partial charge in [-0.3, -0.25) is 9.59 Å². The second-order valence-corrected chi connectivity index (χ2v) is 6.76. The molecule has 0 unspecified atom stereocenters. The first-order valence-corrected chi connectivity index (χ1v) is 9.03. The number of carbonyl (C=O) groups excluding carboxylic acids is 2. The normalized spacial score (nSPS) is 10.7. The zero-order valence-electron chi connectivity index (χ0n) is 15.7. The molecule has 3 aromatic rings. The van der Waals surface area contributed by atoms with Gasteiger partial charge in [-0.2, -0.15) is 0 Å². The molecule has 5 nitrogen and oxygen atoms in total. The van der Waals surface area contributed by atoms with E-state index in [-0.39, 0.29) is 24.9 Å². The van der Waals surface area contributed by atoms with Gasteiger partial charge in [-0.1, -0.05) is 48.0 Å². The molecular formula is C22H24N2O3. The Kier molecular flexibility index (Phi) is 5.91. The minimum atomic E-state index is -0.364. The van der Waals surface area contributed by atoms with Crippen LogP contribution >= 0.6 is 0 Å². The second kappa shape index (κ2) is 8.54. The van der Waals surface area contributed by atoms with Gasteiger partial charge in [0.15, 0.2) is 6.61 Å². The molecule has 0 radical (unpaired) electrons. The summed E-state index contributed by atoms with van der Waals surface area (Å²) in [7, 11) is 1.71. The van der Waals surface area contributed by atoms with E-state index in [4.69, 9.17) is 4.74 Å². The van der Waals surface area contributed by atoms with Crippen LogP contribution in [0.2, 0.25) is 0 Å². The first kappa shape index (κ1) is 18.7. The van der Waals surface area contributed by atoms with Crippen molar-refractivity contribution in [3.63, 3.8) is 0 Å². The van der Waals surface area contributed by atoms with Crippen LogP contribution in [-0.2, 0) is 27.3 Å². The second-order valence-electron chi connectivity index (χ2n) is 6.76. The van der Waals surface area contributed by atoms with Gasteiger partial charge in [0.2, 0.25) is 0 Å². The summed E-state index contributed by atoms with van der Waals surface area (Å²) in [5, 5.41) is 1.11. The lowest BCUT2D eigenvalue weighted by Gasteiger charge is -2.17. The predicted molar refractivity (Wildman–Crippen MR) is 105 cm³/mol. The molecule has 0 spiro atoms. The van der Waals surface area contributed by atoms with Crippen LogP contribution < -0.4 is 0 Å². The maximum atomic E-state index is 12.2. The fraction of sp³-hybridized carbons (Fsp3) is 0.273. The number of nitrogens with zero attached hydrogens (tertiary/aromatic N) is 1. The number of aryl methyl sites for hydroxylation is 2. The van der Waals surface area contributed by atoms with Crippen LogP contribution in [0.4, 0.5) is 0 Å². The lowest BCUT2D eigenvalue weighted by molar-refractivity contribution is -0.151. The van der Waals surface area contributed by atoms with Gasteiger partial charge in [0, 0.05) is 37.1 Å². The summed E-state index contributed by atoms with van der Waals surface area (Å²) in [5.41, 5.74) is 4.35. The minimum Gasteiger partial charge on any atom is -0.456 e. The Labute approximate surface area is 158 Å².